The van der Waals surface area contributed by atoms with Gasteiger partial charge < -0.3 is 4.74 Å². The van der Waals surface area contributed by atoms with Gasteiger partial charge in [-0.25, -0.2) is 0 Å². The van der Waals surface area contributed by atoms with Crippen molar-refractivity contribution in [2.45, 2.75) is 123 Å². The Kier molecular flexibility index (Phi) is 16.1. The smallest absolute Gasteiger partial charge is 0.130 e. The number of ether oxygens (including phenoxy) is 1. The average Bonchev–Trinajstić information content (AvgIpc) is 3.37. The van der Waals surface area contributed by atoms with Gasteiger partial charge >= 0.3 is 0 Å². The normalized spacial score (nSPS) is 11.3. The second kappa shape index (κ2) is 19.5. The van der Waals surface area contributed by atoms with Crippen LogP contribution in [0.5, 0.6) is 5.75 Å². The topological polar surface area (TPSA) is 27.1 Å². The maximum Gasteiger partial charge on any atom is 0.130 e. The van der Waals surface area contributed by atoms with E-state index >= 15 is 0 Å². The number of aryl methyl sites for hydroxylation is 1. The maximum absolute atomic E-state index is 6.67. The number of nitrogens with zero attached hydrogens (tertiary/aromatic N) is 2. The lowest BCUT2D eigenvalue weighted by Gasteiger charge is -2.11. The number of unbranched alkanes of at least 4 members (excludes halogenated alkanes) is 14. The van der Waals surface area contributed by atoms with E-state index in [1.165, 1.54) is 89.9 Å². The molecule has 0 N–H and O–H groups in total. The lowest BCUT2D eigenvalue weighted by atomic mass is 10.1. The Labute approximate surface area is 263 Å². The highest BCUT2D eigenvalue weighted by Crippen LogP contribution is 2.37. The van der Waals surface area contributed by atoms with Gasteiger partial charge in [0.25, 0.3) is 0 Å². The Bertz CT molecular complexity index is 1160. The van der Waals surface area contributed by atoms with Crippen LogP contribution in [0.25, 0.3) is 22.5 Å². The molecule has 2 aromatic carbocycles. The number of aromatic nitrogens is 2. The fourth-order valence-corrected chi connectivity index (χ4v) is 5.94. The molecule has 0 spiro atoms. The summed E-state index contributed by atoms with van der Waals surface area (Å²) in [6, 6.07) is 13.6. The van der Waals surface area contributed by atoms with Crippen molar-refractivity contribution in [3.8, 4) is 28.3 Å². The molecule has 0 bridgehead atoms. The highest BCUT2D eigenvalue weighted by molar-refractivity contribution is 6.36. The predicted octanol–water partition coefficient (Wildman–Crippen LogP) is 12.8. The third-order valence-corrected chi connectivity index (χ3v) is 8.47. The van der Waals surface area contributed by atoms with Gasteiger partial charge in [0, 0.05) is 27.7 Å². The van der Waals surface area contributed by atoms with Gasteiger partial charge in [-0.3, -0.25) is 4.68 Å². The SMILES string of the molecule is CCCCCCCCCCOc1cc(Cl)ccc1-c1cc(-c2ccc(Cl)cc2Cl)n(CCCCCCCCCC)n1. The third kappa shape index (κ3) is 11.8. The molecule has 0 radical (unpaired) electrons. The van der Waals surface area contributed by atoms with Crippen LogP contribution >= 0.6 is 34.8 Å². The van der Waals surface area contributed by atoms with Gasteiger partial charge in [-0.2, -0.15) is 5.10 Å². The van der Waals surface area contributed by atoms with Crippen molar-refractivity contribution in [3.05, 3.63) is 57.5 Å². The first kappa shape index (κ1) is 33.8. The molecule has 1 aromatic heterocycles. The van der Waals surface area contributed by atoms with Crippen molar-refractivity contribution in [3.63, 3.8) is 0 Å². The van der Waals surface area contributed by atoms with Gasteiger partial charge in [0.1, 0.15) is 5.75 Å². The molecule has 3 nitrogen and oxygen atoms in total. The number of rotatable bonds is 21. The van der Waals surface area contributed by atoms with Gasteiger partial charge in [0.05, 0.1) is 23.0 Å². The van der Waals surface area contributed by atoms with Crippen LogP contribution in [0.1, 0.15) is 117 Å². The summed E-state index contributed by atoms with van der Waals surface area (Å²) in [5.41, 5.74) is 3.75. The predicted molar refractivity (Wildman–Crippen MR) is 179 cm³/mol. The van der Waals surface area contributed by atoms with Gasteiger partial charge in [0.15, 0.2) is 0 Å². The molecule has 0 atom stereocenters. The summed E-state index contributed by atoms with van der Waals surface area (Å²) in [5.74, 6) is 0.783. The molecule has 0 aliphatic rings. The Balaban J connectivity index is 1.69. The van der Waals surface area contributed by atoms with Crippen molar-refractivity contribution in [1.29, 1.82) is 0 Å². The standard InChI is InChI=1S/C35H49Cl3N2O/c1-3-5-7-9-11-13-15-17-23-40-34(30-21-19-28(36)25-32(30)38)27-33(39-40)31-22-20-29(37)26-35(31)41-24-18-16-14-12-10-8-6-4-2/h19-22,25-27H,3-18,23-24H2,1-2H3. The van der Waals surface area contributed by atoms with E-state index in [-0.39, 0.29) is 0 Å². The van der Waals surface area contributed by atoms with E-state index < -0.39 is 0 Å². The van der Waals surface area contributed by atoms with Crippen molar-refractivity contribution in [1.82, 2.24) is 9.78 Å². The number of hydrogen-bond donors (Lipinski definition) is 0. The zero-order chi connectivity index (χ0) is 29.3. The van der Waals surface area contributed by atoms with Crippen LogP contribution in [-0.2, 0) is 6.54 Å². The van der Waals surface area contributed by atoms with Gasteiger partial charge in [0.2, 0.25) is 0 Å². The molecule has 3 aromatic rings. The zero-order valence-corrected chi connectivity index (χ0v) is 27.5. The van der Waals surface area contributed by atoms with Crippen LogP contribution in [0.4, 0.5) is 0 Å². The average molecular weight is 620 g/mol. The van der Waals surface area contributed by atoms with Crippen molar-refractivity contribution in [2.24, 2.45) is 0 Å². The van der Waals surface area contributed by atoms with Crippen LogP contribution in [0.3, 0.4) is 0 Å². The molecule has 0 amide bonds. The third-order valence-electron chi connectivity index (χ3n) is 7.69. The summed E-state index contributed by atoms with van der Waals surface area (Å²) in [6.07, 6.45) is 20.3. The molecule has 41 heavy (non-hydrogen) atoms. The minimum absolute atomic E-state index is 0.627. The summed E-state index contributed by atoms with van der Waals surface area (Å²) < 4.78 is 8.38. The minimum Gasteiger partial charge on any atom is -0.493 e. The first-order valence-corrected chi connectivity index (χ1v) is 17.1. The minimum atomic E-state index is 0.627. The summed E-state index contributed by atoms with van der Waals surface area (Å²) in [5, 5.41) is 6.99. The van der Waals surface area contributed by atoms with Crippen molar-refractivity contribution in [2.75, 3.05) is 6.61 Å². The zero-order valence-electron chi connectivity index (χ0n) is 25.2. The highest BCUT2D eigenvalue weighted by atomic mass is 35.5. The molecule has 226 valence electrons. The molecule has 0 saturated carbocycles. The van der Waals surface area contributed by atoms with Crippen LogP contribution < -0.4 is 4.74 Å². The van der Waals surface area contributed by atoms with E-state index in [1.54, 1.807) is 6.07 Å². The molecule has 0 aliphatic heterocycles. The quantitative estimate of drug-likeness (QED) is 0.111. The first-order valence-electron chi connectivity index (χ1n) is 16.0. The van der Waals surface area contributed by atoms with E-state index in [9.17, 15) is 0 Å². The molecule has 3 rings (SSSR count). The summed E-state index contributed by atoms with van der Waals surface area (Å²) in [6.45, 7) is 6.04. The molecule has 6 heteroatoms. The van der Waals surface area contributed by atoms with Crippen LogP contribution in [0.15, 0.2) is 42.5 Å². The van der Waals surface area contributed by atoms with Gasteiger partial charge in [-0.05, 0) is 55.3 Å². The van der Waals surface area contributed by atoms with E-state index in [0.717, 1.165) is 47.7 Å². The van der Waals surface area contributed by atoms with E-state index in [2.05, 4.69) is 24.6 Å². The molecule has 1 heterocycles. The maximum atomic E-state index is 6.67. The Morgan fingerprint density at radius 1 is 0.610 bits per heavy atom. The van der Waals surface area contributed by atoms with Crippen molar-refractivity contribution >= 4 is 34.8 Å². The molecule has 0 unspecified atom stereocenters. The summed E-state index contributed by atoms with van der Waals surface area (Å²) >= 11 is 19.3. The second-order valence-electron chi connectivity index (χ2n) is 11.2. The van der Waals surface area contributed by atoms with E-state index in [1.807, 2.05) is 30.3 Å². The Hall–Kier alpha value is -1.68. The molecular formula is C35H49Cl3N2O. The van der Waals surface area contributed by atoms with E-state index in [4.69, 9.17) is 44.6 Å². The second-order valence-corrected chi connectivity index (χ2v) is 12.5. The number of hydrogen-bond acceptors (Lipinski definition) is 2. The number of benzene rings is 2. The number of halogens is 3. The highest BCUT2D eigenvalue weighted by Gasteiger charge is 2.17. The lowest BCUT2D eigenvalue weighted by molar-refractivity contribution is 0.305. The molecule has 0 saturated heterocycles. The Morgan fingerprint density at radius 2 is 1.15 bits per heavy atom. The monoisotopic (exact) mass is 618 g/mol. The fourth-order valence-electron chi connectivity index (χ4n) is 5.27. The summed E-state index contributed by atoms with van der Waals surface area (Å²) in [7, 11) is 0. The molecular weight excluding hydrogens is 571 g/mol. The largest absolute Gasteiger partial charge is 0.493 e. The Morgan fingerprint density at radius 3 is 1.76 bits per heavy atom. The summed E-state index contributed by atoms with van der Waals surface area (Å²) in [4.78, 5) is 0. The van der Waals surface area contributed by atoms with Crippen LogP contribution in [-0.4, -0.2) is 16.4 Å². The lowest BCUT2D eigenvalue weighted by Crippen LogP contribution is -2.03. The van der Waals surface area contributed by atoms with Crippen LogP contribution in [0.2, 0.25) is 15.1 Å². The first-order chi connectivity index (χ1) is 20.0. The molecule has 0 aliphatic carbocycles. The van der Waals surface area contributed by atoms with Crippen LogP contribution in [0, 0.1) is 0 Å². The molecule has 0 fully saturated rings. The fraction of sp³-hybridized carbons (Fsp3) is 0.571. The van der Waals surface area contributed by atoms with E-state index in [0.29, 0.717) is 21.7 Å². The van der Waals surface area contributed by atoms with Crippen molar-refractivity contribution < 1.29 is 4.74 Å². The van der Waals surface area contributed by atoms with Gasteiger partial charge in [-0.15, -0.1) is 0 Å². The van der Waals surface area contributed by atoms with Gasteiger partial charge in [-0.1, -0.05) is 139 Å².